The molecule has 1 aromatic carbocycles. The van der Waals surface area contributed by atoms with Gasteiger partial charge in [0.2, 0.25) is 5.60 Å². The number of aliphatic hydroxyl groups is 2. The van der Waals surface area contributed by atoms with Gasteiger partial charge in [0.05, 0.1) is 18.1 Å². The van der Waals surface area contributed by atoms with Crippen molar-refractivity contribution in [1.29, 1.82) is 0 Å². The summed E-state index contributed by atoms with van der Waals surface area (Å²) in [7, 11) is 0. The summed E-state index contributed by atoms with van der Waals surface area (Å²) in [6.45, 7) is 8.27. The van der Waals surface area contributed by atoms with Gasteiger partial charge < -0.3 is 20.3 Å². The van der Waals surface area contributed by atoms with Crippen LogP contribution in [0, 0.1) is 23.7 Å². The van der Waals surface area contributed by atoms with Gasteiger partial charge in [-0.3, -0.25) is 4.79 Å². The van der Waals surface area contributed by atoms with Crippen molar-refractivity contribution in [2.45, 2.75) is 69.8 Å². The minimum absolute atomic E-state index is 0.262. The predicted molar refractivity (Wildman–Crippen MR) is 134 cm³/mol. The number of allylic oxidation sites excluding steroid dienone is 1. The Balaban J connectivity index is 1.78. The third-order valence-corrected chi connectivity index (χ3v) is 8.04. The van der Waals surface area contributed by atoms with Gasteiger partial charge in [-0.2, -0.15) is 0 Å². The van der Waals surface area contributed by atoms with E-state index in [1.54, 1.807) is 0 Å². The maximum atomic E-state index is 13.7. The van der Waals surface area contributed by atoms with Crippen LogP contribution in [0.1, 0.15) is 45.1 Å². The second-order valence-electron chi connectivity index (χ2n) is 10.5. The quantitative estimate of drug-likeness (QED) is 0.446. The van der Waals surface area contributed by atoms with Crippen LogP contribution in [0.5, 0.6) is 0 Å². The maximum Gasteiger partial charge on any atom is 0.331 e. The second kappa shape index (κ2) is 10.5. The molecule has 2 heterocycles. The van der Waals surface area contributed by atoms with Crippen LogP contribution in [0.15, 0.2) is 66.8 Å². The number of hydrogen-bond donors (Lipinski definition) is 3. The molecule has 3 aliphatic rings. The standard InChI is InChI=1S/C29H37NO5/c1-18-9-7-13-22(31)15-16-25(32)35-29-23(14-8-10-18)27(33)20(3)19(2)26(29)24(30-28(29)34)17-21-11-5-4-6-12-21/h4-6,8,11-12,14-16,18-19,22-24,26-27,31,33H,3,7,9-10,13,17H2,1-2H3,(H,30,34)/b14-8+,16-15+/t18-,19-,22+,23+,24-,26+,27-,29-/m1/s1. The second-order valence-corrected chi connectivity index (χ2v) is 10.5. The van der Waals surface area contributed by atoms with Gasteiger partial charge in [0, 0.05) is 18.0 Å². The summed E-state index contributed by atoms with van der Waals surface area (Å²) in [5.74, 6) is -2.13. The molecule has 6 heteroatoms. The van der Waals surface area contributed by atoms with Gasteiger partial charge in [-0.25, -0.2) is 4.79 Å². The van der Waals surface area contributed by atoms with Crippen LogP contribution in [0.25, 0.3) is 0 Å². The van der Waals surface area contributed by atoms with Gasteiger partial charge >= 0.3 is 5.97 Å². The molecular formula is C29H37NO5. The van der Waals surface area contributed by atoms with Gasteiger partial charge in [-0.05, 0) is 48.3 Å². The fourth-order valence-electron chi connectivity index (χ4n) is 6.09. The van der Waals surface area contributed by atoms with Gasteiger partial charge in [-0.15, -0.1) is 0 Å². The third-order valence-electron chi connectivity index (χ3n) is 8.04. The Kier molecular flexibility index (Phi) is 7.62. The maximum absolute atomic E-state index is 13.7. The summed E-state index contributed by atoms with van der Waals surface area (Å²) in [4.78, 5) is 26.8. The van der Waals surface area contributed by atoms with Crippen molar-refractivity contribution in [3.63, 3.8) is 0 Å². The summed E-state index contributed by atoms with van der Waals surface area (Å²) < 4.78 is 6.05. The first-order valence-corrected chi connectivity index (χ1v) is 12.7. The van der Waals surface area contributed by atoms with E-state index in [1.807, 2.05) is 49.4 Å². The molecule has 8 atom stereocenters. The molecule has 0 unspecified atom stereocenters. The zero-order valence-electron chi connectivity index (χ0n) is 20.6. The fourth-order valence-corrected chi connectivity index (χ4v) is 6.09. The third kappa shape index (κ3) is 5.00. The van der Waals surface area contributed by atoms with Crippen LogP contribution >= 0.6 is 0 Å². The molecule has 1 aromatic rings. The number of carbonyl (C=O) groups is 2. The monoisotopic (exact) mass is 479 g/mol. The van der Waals surface area contributed by atoms with Crippen molar-refractivity contribution in [2.75, 3.05) is 0 Å². The molecule has 188 valence electrons. The molecule has 1 aliphatic carbocycles. The fraction of sp³-hybridized carbons (Fsp3) is 0.517. The highest BCUT2D eigenvalue weighted by atomic mass is 16.6. The smallest absolute Gasteiger partial charge is 0.331 e. The molecule has 0 bridgehead atoms. The lowest BCUT2D eigenvalue weighted by Gasteiger charge is -2.49. The van der Waals surface area contributed by atoms with E-state index in [9.17, 15) is 19.8 Å². The van der Waals surface area contributed by atoms with Gasteiger partial charge in [-0.1, -0.05) is 75.8 Å². The molecule has 1 saturated heterocycles. The van der Waals surface area contributed by atoms with Crippen molar-refractivity contribution < 1.29 is 24.5 Å². The van der Waals surface area contributed by atoms with Crippen LogP contribution in [-0.4, -0.2) is 45.9 Å². The number of esters is 1. The van der Waals surface area contributed by atoms with Crippen molar-refractivity contribution in [3.05, 3.63) is 72.4 Å². The minimum Gasteiger partial charge on any atom is -0.445 e. The van der Waals surface area contributed by atoms with E-state index in [-0.39, 0.29) is 17.9 Å². The zero-order chi connectivity index (χ0) is 25.2. The Morgan fingerprint density at radius 1 is 1.11 bits per heavy atom. The largest absolute Gasteiger partial charge is 0.445 e. The Morgan fingerprint density at radius 3 is 2.60 bits per heavy atom. The van der Waals surface area contributed by atoms with E-state index < -0.39 is 35.6 Å². The van der Waals surface area contributed by atoms with Crippen LogP contribution in [-0.2, 0) is 20.7 Å². The normalized spacial score (nSPS) is 40.0. The summed E-state index contributed by atoms with van der Waals surface area (Å²) in [5, 5.41) is 24.7. The van der Waals surface area contributed by atoms with E-state index in [4.69, 9.17) is 4.74 Å². The predicted octanol–water partition coefficient (Wildman–Crippen LogP) is 3.49. The summed E-state index contributed by atoms with van der Waals surface area (Å²) >= 11 is 0. The number of rotatable bonds is 2. The lowest BCUT2D eigenvalue weighted by Crippen LogP contribution is -2.61. The van der Waals surface area contributed by atoms with Crippen LogP contribution in [0.2, 0.25) is 0 Å². The Bertz CT molecular complexity index is 1000. The molecule has 3 N–H and O–H groups in total. The molecule has 2 fully saturated rings. The zero-order valence-corrected chi connectivity index (χ0v) is 20.6. The highest BCUT2D eigenvalue weighted by Crippen LogP contribution is 2.52. The van der Waals surface area contributed by atoms with E-state index >= 15 is 0 Å². The SMILES string of the molecule is C=C1[C@@H](C)[C@H]2[C@@H](Cc3ccccc3)NC(=O)[C@]23OC(=O)/C=C/[C@@H](O)CCC[C@@H](C)C/C=C/[C@H]3[C@@H]1O. The highest BCUT2D eigenvalue weighted by Gasteiger charge is 2.67. The molecule has 6 nitrogen and oxygen atoms in total. The molecule has 35 heavy (non-hydrogen) atoms. The van der Waals surface area contributed by atoms with E-state index in [2.05, 4.69) is 18.8 Å². The van der Waals surface area contributed by atoms with Gasteiger partial charge in [0.1, 0.15) is 0 Å². The molecule has 2 aliphatic heterocycles. The summed E-state index contributed by atoms with van der Waals surface area (Å²) in [5.41, 5.74) is 0.136. The average molecular weight is 480 g/mol. The molecule has 1 saturated carbocycles. The average Bonchev–Trinajstić information content (AvgIpc) is 3.09. The van der Waals surface area contributed by atoms with Crippen molar-refractivity contribution in [1.82, 2.24) is 5.32 Å². The van der Waals surface area contributed by atoms with E-state index in [0.29, 0.717) is 24.3 Å². The number of ether oxygens (including phenoxy) is 1. The number of nitrogens with one attached hydrogen (secondary N) is 1. The lowest BCUT2D eigenvalue weighted by molar-refractivity contribution is -0.182. The first-order valence-electron chi connectivity index (χ1n) is 12.7. The number of benzene rings is 1. The first-order chi connectivity index (χ1) is 16.7. The molecular weight excluding hydrogens is 442 g/mol. The molecule has 1 spiro atoms. The molecule has 0 radical (unpaired) electrons. The lowest BCUT2D eigenvalue weighted by atomic mass is 9.59. The Hall–Kier alpha value is -2.70. The number of amides is 1. The minimum atomic E-state index is -1.57. The van der Waals surface area contributed by atoms with Gasteiger partial charge in [0.25, 0.3) is 5.91 Å². The highest BCUT2D eigenvalue weighted by molar-refractivity contribution is 5.94. The van der Waals surface area contributed by atoms with E-state index in [1.165, 1.54) is 12.2 Å². The first kappa shape index (κ1) is 25.4. The van der Waals surface area contributed by atoms with Crippen molar-refractivity contribution >= 4 is 11.9 Å². The Labute approximate surface area is 207 Å². The summed E-state index contributed by atoms with van der Waals surface area (Å²) in [6.07, 6.45) is 8.39. The molecule has 0 aromatic heterocycles. The van der Waals surface area contributed by atoms with Gasteiger partial charge in [0.15, 0.2) is 0 Å². The topological polar surface area (TPSA) is 95.9 Å². The van der Waals surface area contributed by atoms with Crippen molar-refractivity contribution in [3.8, 4) is 0 Å². The Morgan fingerprint density at radius 2 is 1.86 bits per heavy atom. The van der Waals surface area contributed by atoms with Crippen LogP contribution in [0.4, 0.5) is 0 Å². The molecule has 1 amide bonds. The number of carbonyl (C=O) groups excluding carboxylic acids is 2. The summed E-state index contributed by atoms with van der Waals surface area (Å²) in [6, 6.07) is 9.59. The molecule has 4 rings (SSSR count). The number of hydrogen-bond acceptors (Lipinski definition) is 5. The number of aliphatic hydroxyl groups excluding tert-OH is 2. The van der Waals surface area contributed by atoms with Crippen LogP contribution < -0.4 is 5.32 Å². The van der Waals surface area contributed by atoms with Crippen LogP contribution in [0.3, 0.4) is 0 Å². The van der Waals surface area contributed by atoms with E-state index in [0.717, 1.165) is 24.8 Å². The van der Waals surface area contributed by atoms with Crippen molar-refractivity contribution in [2.24, 2.45) is 23.7 Å².